The van der Waals surface area contributed by atoms with Crippen molar-refractivity contribution in [1.29, 1.82) is 0 Å². The first-order valence-corrected chi connectivity index (χ1v) is 5.85. The molecular formula is C11H17BrN2. The molecule has 1 rings (SSSR count). The molecule has 1 aromatic heterocycles. The summed E-state index contributed by atoms with van der Waals surface area (Å²) in [6.45, 7) is 2.21. The van der Waals surface area contributed by atoms with Crippen molar-refractivity contribution in [3.05, 3.63) is 28.5 Å². The highest BCUT2D eigenvalue weighted by Crippen LogP contribution is 2.20. The quantitative estimate of drug-likeness (QED) is 0.875. The zero-order chi connectivity index (χ0) is 10.4. The Hall–Kier alpha value is -0.410. The summed E-state index contributed by atoms with van der Waals surface area (Å²) in [5.41, 5.74) is 1.26. The fraction of sp³-hybridized carbons (Fsp3) is 0.545. The van der Waals surface area contributed by atoms with Gasteiger partial charge in [0.15, 0.2) is 0 Å². The van der Waals surface area contributed by atoms with Crippen molar-refractivity contribution >= 4 is 15.9 Å². The molecule has 0 aromatic carbocycles. The van der Waals surface area contributed by atoms with E-state index in [1.807, 2.05) is 19.4 Å². The van der Waals surface area contributed by atoms with Crippen molar-refractivity contribution in [2.24, 2.45) is 0 Å². The number of rotatable bonds is 5. The molecule has 2 nitrogen and oxygen atoms in total. The summed E-state index contributed by atoms with van der Waals surface area (Å²) in [5.74, 6) is 0. The molecule has 14 heavy (non-hydrogen) atoms. The molecule has 1 unspecified atom stereocenters. The molecule has 0 saturated heterocycles. The Bertz CT molecular complexity index is 276. The third-order valence-electron chi connectivity index (χ3n) is 2.32. The van der Waals surface area contributed by atoms with Gasteiger partial charge in [0.05, 0.1) is 0 Å². The van der Waals surface area contributed by atoms with E-state index in [4.69, 9.17) is 0 Å². The van der Waals surface area contributed by atoms with E-state index in [9.17, 15) is 0 Å². The first-order valence-electron chi connectivity index (χ1n) is 5.05. The van der Waals surface area contributed by atoms with Crippen LogP contribution in [0, 0.1) is 0 Å². The lowest BCUT2D eigenvalue weighted by molar-refractivity contribution is 0.521. The average Bonchev–Trinajstić information content (AvgIpc) is 2.19. The van der Waals surface area contributed by atoms with Crippen LogP contribution < -0.4 is 5.32 Å². The Kier molecular flexibility index (Phi) is 5.12. The zero-order valence-electron chi connectivity index (χ0n) is 8.76. The highest BCUT2D eigenvalue weighted by molar-refractivity contribution is 9.10. The Morgan fingerprint density at radius 1 is 1.50 bits per heavy atom. The van der Waals surface area contributed by atoms with Crippen LogP contribution >= 0.6 is 15.9 Å². The average molecular weight is 257 g/mol. The maximum atomic E-state index is 4.17. The van der Waals surface area contributed by atoms with Gasteiger partial charge in [-0.05, 0) is 41.0 Å². The summed E-state index contributed by atoms with van der Waals surface area (Å²) in [6.07, 6.45) is 7.40. The molecule has 0 aliphatic rings. The summed E-state index contributed by atoms with van der Waals surface area (Å²) in [7, 11) is 2.00. The molecule has 0 bridgehead atoms. The predicted octanol–water partition coefficient (Wildman–Crippen LogP) is 3.29. The van der Waals surface area contributed by atoms with E-state index < -0.39 is 0 Å². The van der Waals surface area contributed by atoms with E-state index >= 15 is 0 Å². The topological polar surface area (TPSA) is 24.9 Å². The molecular weight excluding hydrogens is 240 g/mol. The fourth-order valence-corrected chi connectivity index (χ4v) is 1.89. The summed E-state index contributed by atoms with van der Waals surface area (Å²) >= 11 is 3.44. The first-order chi connectivity index (χ1) is 6.77. The number of hydrogen-bond donors (Lipinski definition) is 1. The standard InChI is InChI=1S/C11H17BrN2/c1-3-4-5-11(13-2)9-6-10(12)8-14-7-9/h6-8,11,13H,3-5H2,1-2H3. The van der Waals surface area contributed by atoms with Gasteiger partial charge in [0.1, 0.15) is 0 Å². The minimum Gasteiger partial charge on any atom is -0.313 e. The minimum absolute atomic E-state index is 0.431. The second-order valence-corrected chi connectivity index (χ2v) is 4.34. The molecule has 0 spiro atoms. The van der Waals surface area contributed by atoms with Crippen molar-refractivity contribution < 1.29 is 0 Å². The van der Waals surface area contributed by atoms with Crippen molar-refractivity contribution in [2.75, 3.05) is 7.05 Å². The number of aromatic nitrogens is 1. The Morgan fingerprint density at radius 2 is 2.29 bits per heavy atom. The van der Waals surface area contributed by atoms with Crippen LogP contribution in [0.15, 0.2) is 22.9 Å². The van der Waals surface area contributed by atoms with Crippen LogP contribution in [-0.2, 0) is 0 Å². The van der Waals surface area contributed by atoms with Gasteiger partial charge in [-0.1, -0.05) is 19.8 Å². The van der Waals surface area contributed by atoms with E-state index in [-0.39, 0.29) is 0 Å². The van der Waals surface area contributed by atoms with Gasteiger partial charge >= 0.3 is 0 Å². The first kappa shape index (κ1) is 11.7. The molecule has 0 fully saturated rings. The highest BCUT2D eigenvalue weighted by atomic mass is 79.9. The van der Waals surface area contributed by atoms with Gasteiger partial charge in [0, 0.05) is 22.9 Å². The fourth-order valence-electron chi connectivity index (χ4n) is 1.50. The van der Waals surface area contributed by atoms with E-state index in [2.05, 4.69) is 39.2 Å². The van der Waals surface area contributed by atoms with Gasteiger partial charge in [-0.25, -0.2) is 0 Å². The smallest absolute Gasteiger partial charge is 0.0410 e. The van der Waals surface area contributed by atoms with Crippen molar-refractivity contribution in [3.63, 3.8) is 0 Å². The van der Waals surface area contributed by atoms with E-state index in [1.165, 1.54) is 24.8 Å². The number of pyridine rings is 1. The normalized spacial score (nSPS) is 12.8. The molecule has 0 aliphatic heterocycles. The number of nitrogens with one attached hydrogen (secondary N) is 1. The summed E-state index contributed by atoms with van der Waals surface area (Å²) < 4.78 is 1.05. The van der Waals surface area contributed by atoms with Crippen LogP contribution in [-0.4, -0.2) is 12.0 Å². The van der Waals surface area contributed by atoms with E-state index in [0.717, 1.165) is 4.47 Å². The Balaban J connectivity index is 2.68. The predicted molar refractivity (Wildman–Crippen MR) is 63.3 cm³/mol. The van der Waals surface area contributed by atoms with Crippen LogP contribution in [0.2, 0.25) is 0 Å². The van der Waals surface area contributed by atoms with Gasteiger partial charge in [-0.3, -0.25) is 4.98 Å². The lowest BCUT2D eigenvalue weighted by atomic mass is 10.0. The number of nitrogens with zero attached hydrogens (tertiary/aromatic N) is 1. The maximum absolute atomic E-state index is 4.17. The largest absolute Gasteiger partial charge is 0.313 e. The lowest BCUT2D eigenvalue weighted by Gasteiger charge is -2.15. The summed E-state index contributed by atoms with van der Waals surface area (Å²) in [6, 6.07) is 2.56. The molecule has 1 atom stereocenters. The monoisotopic (exact) mass is 256 g/mol. The molecule has 0 amide bonds. The maximum Gasteiger partial charge on any atom is 0.0410 e. The minimum atomic E-state index is 0.431. The van der Waals surface area contributed by atoms with Crippen LogP contribution in [0.4, 0.5) is 0 Å². The van der Waals surface area contributed by atoms with Gasteiger partial charge in [0.25, 0.3) is 0 Å². The van der Waals surface area contributed by atoms with Gasteiger partial charge in [0.2, 0.25) is 0 Å². The zero-order valence-corrected chi connectivity index (χ0v) is 10.3. The van der Waals surface area contributed by atoms with Gasteiger partial charge in [-0.2, -0.15) is 0 Å². The van der Waals surface area contributed by atoms with Crippen LogP contribution in [0.3, 0.4) is 0 Å². The van der Waals surface area contributed by atoms with Crippen molar-refractivity contribution in [1.82, 2.24) is 10.3 Å². The lowest BCUT2D eigenvalue weighted by Crippen LogP contribution is -2.16. The molecule has 0 saturated carbocycles. The van der Waals surface area contributed by atoms with Crippen LogP contribution in [0.5, 0.6) is 0 Å². The molecule has 0 aliphatic carbocycles. The van der Waals surface area contributed by atoms with Crippen molar-refractivity contribution in [3.8, 4) is 0 Å². The second kappa shape index (κ2) is 6.14. The number of hydrogen-bond acceptors (Lipinski definition) is 2. The summed E-state index contributed by atoms with van der Waals surface area (Å²) in [4.78, 5) is 4.17. The Labute approximate surface area is 94.3 Å². The SMILES string of the molecule is CCCCC(NC)c1cncc(Br)c1. The molecule has 78 valence electrons. The van der Waals surface area contributed by atoms with E-state index in [0.29, 0.717) is 6.04 Å². The van der Waals surface area contributed by atoms with E-state index in [1.54, 1.807) is 0 Å². The summed E-state index contributed by atoms with van der Waals surface area (Å²) in [5, 5.41) is 3.32. The van der Waals surface area contributed by atoms with Crippen LogP contribution in [0.1, 0.15) is 37.8 Å². The second-order valence-electron chi connectivity index (χ2n) is 3.42. The molecule has 1 aromatic rings. The molecule has 1 heterocycles. The molecule has 3 heteroatoms. The third-order valence-corrected chi connectivity index (χ3v) is 2.76. The van der Waals surface area contributed by atoms with Gasteiger partial charge < -0.3 is 5.32 Å². The van der Waals surface area contributed by atoms with Crippen LogP contribution in [0.25, 0.3) is 0 Å². The third kappa shape index (κ3) is 3.39. The Morgan fingerprint density at radius 3 is 2.86 bits per heavy atom. The number of unbranched alkanes of at least 4 members (excludes halogenated alkanes) is 1. The van der Waals surface area contributed by atoms with Gasteiger partial charge in [-0.15, -0.1) is 0 Å². The molecule has 0 radical (unpaired) electrons. The highest BCUT2D eigenvalue weighted by Gasteiger charge is 2.08. The number of halogens is 1. The van der Waals surface area contributed by atoms with Crippen molar-refractivity contribution in [2.45, 2.75) is 32.2 Å². The molecule has 1 N–H and O–H groups in total.